The molecule has 186 valence electrons. The number of halogens is 1. The number of carbonyl (C=O) groups is 1. The van der Waals surface area contributed by atoms with Crippen LogP contribution in [0.4, 0.5) is 11.5 Å². The lowest BCUT2D eigenvalue weighted by Gasteiger charge is -2.09. The summed E-state index contributed by atoms with van der Waals surface area (Å²) in [4.78, 5) is 21.0. The Balaban J connectivity index is 1.33. The van der Waals surface area contributed by atoms with Crippen LogP contribution in [0.15, 0.2) is 95.0 Å². The van der Waals surface area contributed by atoms with Gasteiger partial charge >= 0.3 is 0 Å². The van der Waals surface area contributed by atoms with E-state index in [1.807, 2.05) is 12.1 Å². The fraction of sp³-hybridized carbons (Fsp3) is 0.0769. The number of sulfonamides is 1. The number of nitrogens with one attached hydrogen (secondary N) is 2. The summed E-state index contributed by atoms with van der Waals surface area (Å²) >= 11 is 7.27. The molecule has 0 saturated carbocycles. The average Bonchev–Trinajstić information content (AvgIpc) is 2.90. The van der Waals surface area contributed by atoms with Gasteiger partial charge in [-0.15, -0.1) is 11.8 Å². The predicted molar refractivity (Wildman–Crippen MR) is 145 cm³/mol. The maximum absolute atomic E-state index is 12.5. The Hall–Kier alpha value is -3.91. The molecule has 2 heterocycles. The van der Waals surface area contributed by atoms with Crippen LogP contribution in [0, 0.1) is 11.3 Å². The van der Waals surface area contributed by atoms with Gasteiger partial charge in [0.25, 0.3) is 10.0 Å². The van der Waals surface area contributed by atoms with E-state index in [4.69, 9.17) is 11.6 Å². The predicted octanol–water partition coefficient (Wildman–Crippen LogP) is 5.59. The molecule has 0 unspecified atom stereocenters. The number of amides is 1. The second-order valence-corrected chi connectivity index (χ2v) is 10.9. The fourth-order valence-electron chi connectivity index (χ4n) is 3.22. The second kappa shape index (κ2) is 11.9. The Bertz CT molecular complexity index is 1540. The molecule has 2 aromatic carbocycles. The van der Waals surface area contributed by atoms with Gasteiger partial charge in [0, 0.05) is 34.6 Å². The van der Waals surface area contributed by atoms with E-state index in [0.29, 0.717) is 32.7 Å². The third-order valence-electron chi connectivity index (χ3n) is 5.04. The van der Waals surface area contributed by atoms with Crippen LogP contribution in [-0.4, -0.2) is 30.0 Å². The third kappa shape index (κ3) is 7.07. The van der Waals surface area contributed by atoms with Gasteiger partial charge in [0.05, 0.1) is 16.2 Å². The zero-order chi connectivity index (χ0) is 26.3. The molecule has 2 aromatic heterocycles. The molecule has 0 aliphatic rings. The van der Waals surface area contributed by atoms with Crippen LogP contribution in [0.3, 0.4) is 0 Å². The summed E-state index contributed by atoms with van der Waals surface area (Å²) in [6, 6.07) is 23.6. The van der Waals surface area contributed by atoms with Gasteiger partial charge in [0.15, 0.2) is 0 Å². The molecule has 2 N–H and O–H groups in total. The number of hydrogen-bond donors (Lipinski definition) is 2. The number of aromatic nitrogens is 2. The Morgan fingerprint density at radius 3 is 2.43 bits per heavy atom. The third-order valence-corrected chi connectivity index (χ3v) is 7.66. The van der Waals surface area contributed by atoms with Crippen molar-refractivity contribution in [1.29, 1.82) is 5.26 Å². The summed E-state index contributed by atoms with van der Waals surface area (Å²) in [6.07, 6.45) is 1.66. The highest BCUT2D eigenvalue weighted by Crippen LogP contribution is 2.27. The van der Waals surface area contributed by atoms with Crippen molar-refractivity contribution in [3.63, 3.8) is 0 Å². The molecule has 0 fully saturated rings. The van der Waals surface area contributed by atoms with Crippen LogP contribution >= 0.6 is 23.4 Å². The highest BCUT2D eigenvalue weighted by molar-refractivity contribution is 7.99. The van der Waals surface area contributed by atoms with Gasteiger partial charge in [0.1, 0.15) is 16.9 Å². The number of nitrogens with zero attached hydrogens (tertiary/aromatic N) is 3. The molecule has 0 radical (unpaired) electrons. The lowest BCUT2D eigenvalue weighted by atomic mass is 10.1. The van der Waals surface area contributed by atoms with Gasteiger partial charge in [0.2, 0.25) is 5.91 Å². The monoisotopic (exact) mass is 549 g/mol. The first kappa shape index (κ1) is 26.2. The molecule has 0 saturated heterocycles. The molecule has 8 nitrogen and oxygen atoms in total. The van der Waals surface area contributed by atoms with Crippen LogP contribution in [0.5, 0.6) is 0 Å². The van der Waals surface area contributed by atoms with Gasteiger partial charge in [-0.3, -0.25) is 9.52 Å². The smallest absolute Gasteiger partial charge is 0.263 e. The first-order chi connectivity index (χ1) is 17.8. The van der Waals surface area contributed by atoms with Crippen LogP contribution in [0.2, 0.25) is 5.02 Å². The Morgan fingerprint density at radius 2 is 1.76 bits per heavy atom. The molecule has 0 spiro atoms. The minimum Gasteiger partial charge on any atom is -0.326 e. The first-order valence-corrected chi connectivity index (χ1v) is 13.8. The van der Waals surface area contributed by atoms with Gasteiger partial charge in [-0.25, -0.2) is 18.4 Å². The standard InChI is InChI=1S/C26H20ClN5O3S2/c27-20-7-4-18(5-8-20)23-13-6-19(17-28)26(31-23)36-16-14-25(33)30-21-9-11-22(12-10-21)37(34,35)32-24-3-1-2-15-29-24/h1-13,15H,14,16H2,(H,29,32)(H,30,33). The van der Waals surface area contributed by atoms with Crippen molar-refractivity contribution in [2.75, 3.05) is 15.8 Å². The molecule has 1 amide bonds. The highest BCUT2D eigenvalue weighted by Gasteiger charge is 2.15. The minimum atomic E-state index is -3.80. The molecule has 4 rings (SSSR count). The topological polar surface area (TPSA) is 125 Å². The van der Waals surface area contributed by atoms with Gasteiger partial charge in [-0.1, -0.05) is 29.8 Å². The molecular weight excluding hydrogens is 530 g/mol. The maximum Gasteiger partial charge on any atom is 0.263 e. The van der Waals surface area contributed by atoms with E-state index < -0.39 is 10.0 Å². The lowest BCUT2D eigenvalue weighted by molar-refractivity contribution is -0.115. The summed E-state index contributed by atoms with van der Waals surface area (Å²) < 4.78 is 27.4. The normalized spacial score (nSPS) is 10.9. The number of rotatable bonds is 9. The van der Waals surface area contributed by atoms with Crippen molar-refractivity contribution in [1.82, 2.24) is 9.97 Å². The Labute approximate surface area is 223 Å². The largest absolute Gasteiger partial charge is 0.326 e. The van der Waals surface area contributed by atoms with Crippen molar-refractivity contribution in [2.45, 2.75) is 16.3 Å². The van der Waals surface area contributed by atoms with E-state index in [0.717, 1.165) is 5.56 Å². The zero-order valence-corrected chi connectivity index (χ0v) is 21.6. The van der Waals surface area contributed by atoms with Crippen molar-refractivity contribution in [3.8, 4) is 17.3 Å². The molecule has 0 aliphatic carbocycles. The number of benzene rings is 2. The van der Waals surface area contributed by atoms with Crippen molar-refractivity contribution >= 4 is 50.8 Å². The van der Waals surface area contributed by atoms with Crippen LogP contribution in [0.1, 0.15) is 12.0 Å². The minimum absolute atomic E-state index is 0.0439. The maximum atomic E-state index is 12.5. The van der Waals surface area contributed by atoms with E-state index in [9.17, 15) is 18.5 Å². The second-order valence-electron chi connectivity index (χ2n) is 7.66. The molecule has 0 bridgehead atoms. The fourth-order valence-corrected chi connectivity index (χ4v) is 5.27. The van der Waals surface area contributed by atoms with Crippen LogP contribution in [0.25, 0.3) is 11.3 Å². The van der Waals surface area contributed by atoms with Crippen molar-refractivity contribution < 1.29 is 13.2 Å². The van der Waals surface area contributed by atoms with E-state index in [1.165, 1.54) is 42.2 Å². The van der Waals surface area contributed by atoms with Crippen LogP contribution < -0.4 is 10.0 Å². The summed E-state index contributed by atoms with van der Waals surface area (Å²) in [7, 11) is -3.80. The van der Waals surface area contributed by atoms with Gasteiger partial charge in [-0.05, 0) is 60.7 Å². The summed E-state index contributed by atoms with van der Waals surface area (Å²) in [5.41, 5.74) is 2.47. The lowest BCUT2D eigenvalue weighted by Crippen LogP contribution is -2.15. The quantitative estimate of drug-likeness (QED) is 0.261. The number of anilines is 2. The summed E-state index contributed by atoms with van der Waals surface area (Å²) in [6.45, 7) is 0. The van der Waals surface area contributed by atoms with Crippen molar-refractivity contribution in [2.24, 2.45) is 0 Å². The average molecular weight is 550 g/mol. The molecular formula is C26H20ClN5O3S2. The molecule has 4 aromatic rings. The van der Waals surface area contributed by atoms with Crippen LogP contribution in [-0.2, 0) is 14.8 Å². The van der Waals surface area contributed by atoms with E-state index in [-0.39, 0.29) is 23.0 Å². The summed E-state index contributed by atoms with van der Waals surface area (Å²) in [5.74, 6) is 0.366. The Morgan fingerprint density at radius 1 is 1.00 bits per heavy atom. The molecule has 11 heteroatoms. The zero-order valence-electron chi connectivity index (χ0n) is 19.3. The number of pyridine rings is 2. The first-order valence-electron chi connectivity index (χ1n) is 11.0. The molecule has 0 aliphatic heterocycles. The Kier molecular flexibility index (Phi) is 8.40. The number of nitriles is 1. The molecule has 0 atom stereocenters. The summed E-state index contributed by atoms with van der Waals surface area (Å²) in [5, 5.41) is 13.3. The van der Waals surface area contributed by atoms with Crippen molar-refractivity contribution in [3.05, 3.63) is 95.6 Å². The number of carbonyl (C=O) groups excluding carboxylic acids is 1. The molecule has 37 heavy (non-hydrogen) atoms. The number of hydrogen-bond acceptors (Lipinski definition) is 7. The number of thioether (sulfide) groups is 1. The van der Waals surface area contributed by atoms with Gasteiger partial charge in [-0.2, -0.15) is 5.26 Å². The van der Waals surface area contributed by atoms with E-state index in [2.05, 4.69) is 26.1 Å². The highest BCUT2D eigenvalue weighted by atomic mass is 35.5. The van der Waals surface area contributed by atoms with E-state index in [1.54, 1.807) is 42.5 Å². The SMILES string of the molecule is N#Cc1ccc(-c2ccc(Cl)cc2)nc1SCCC(=O)Nc1ccc(S(=O)(=O)Nc2ccccn2)cc1. The van der Waals surface area contributed by atoms with E-state index >= 15 is 0 Å². The van der Waals surface area contributed by atoms with Gasteiger partial charge < -0.3 is 5.32 Å².